The van der Waals surface area contributed by atoms with Gasteiger partial charge in [-0.1, -0.05) is 33.1 Å². The van der Waals surface area contributed by atoms with Crippen molar-refractivity contribution in [1.82, 2.24) is 0 Å². The van der Waals surface area contributed by atoms with Crippen molar-refractivity contribution in [3.8, 4) is 0 Å². The number of rotatable bonds is 0. The van der Waals surface area contributed by atoms with Crippen LogP contribution in [0.5, 0.6) is 0 Å². The summed E-state index contributed by atoms with van der Waals surface area (Å²) in [6.07, 6.45) is 3.44. The van der Waals surface area contributed by atoms with Crippen molar-refractivity contribution in [2.24, 2.45) is 5.41 Å². The third-order valence-corrected chi connectivity index (χ3v) is 2.56. The third-order valence-electron chi connectivity index (χ3n) is 2.56. The van der Waals surface area contributed by atoms with Crippen molar-refractivity contribution in [2.45, 2.75) is 34.6 Å². The van der Waals surface area contributed by atoms with E-state index in [9.17, 15) is 0 Å². The molecule has 0 amide bonds. The topological polar surface area (TPSA) is 0 Å². The summed E-state index contributed by atoms with van der Waals surface area (Å²) >= 11 is 0. The normalized spacial score (nSPS) is 21.4. The largest absolute Gasteiger partial charge is 0.263 e. The van der Waals surface area contributed by atoms with E-state index >= 15 is 0 Å². The molecule has 0 atom stereocenters. The van der Waals surface area contributed by atoms with Gasteiger partial charge in [-0.2, -0.15) is 11.1 Å². The predicted octanol–water partition coefficient (Wildman–Crippen LogP) is 3.11. The fourth-order valence-corrected chi connectivity index (χ4v) is 1.41. The first kappa shape index (κ1) is 11.5. The molecule has 0 aromatic rings. The Morgan fingerprint density at radius 3 is 1.64 bits per heavy atom. The summed E-state index contributed by atoms with van der Waals surface area (Å²) in [6.45, 7) is 10.9. The maximum absolute atomic E-state index is 3.44. The van der Waals surface area contributed by atoms with Crippen molar-refractivity contribution < 1.29 is 31.1 Å². The van der Waals surface area contributed by atoms with Crippen LogP contribution in [-0.2, 0) is 0 Å². The average molecular weight is 373 g/mol. The van der Waals surface area contributed by atoms with Crippen molar-refractivity contribution >= 4 is 0 Å². The van der Waals surface area contributed by atoms with Crippen molar-refractivity contribution in [1.29, 1.82) is 0 Å². The molecule has 0 saturated heterocycles. The molecule has 1 heteroatoms. The van der Waals surface area contributed by atoms with E-state index in [0.717, 1.165) is 0 Å². The van der Waals surface area contributed by atoms with Gasteiger partial charge in [-0.05, 0) is 0 Å². The monoisotopic (exact) mass is 373 g/mol. The van der Waals surface area contributed by atoms with Crippen LogP contribution in [0.1, 0.15) is 34.6 Å². The van der Waals surface area contributed by atoms with Crippen LogP contribution in [0.2, 0.25) is 0 Å². The zero-order valence-corrected chi connectivity index (χ0v) is 12.2. The molecule has 0 nitrogen and oxygen atoms in total. The van der Waals surface area contributed by atoms with Crippen LogP contribution >= 0.6 is 0 Å². The Hall–Kier alpha value is 0.532. The quantitative estimate of drug-likeness (QED) is 0.573. The fourth-order valence-electron chi connectivity index (χ4n) is 1.41. The summed E-state index contributed by atoms with van der Waals surface area (Å²) in [7, 11) is 0. The second-order valence-corrected chi connectivity index (χ2v) is 3.62. The molecule has 0 fully saturated rings. The summed E-state index contributed by atoms with van der Waals surface area (Å²) < 4.78 is 0. The van der Waals surface area contributed by atoms with Gasteiger partial charge in [0.25, 0.3) is 0 Å². The number of hydrogen-bond donors (Lipinski definition) is 0. The molecule has 0 aromatic carbocycles. The zero-order chi connectivity index (χ0) is 7.94. The molecule has 0 spiro atoms. The molecule has 0 aromatic heterocycles. The third kappa shape index (κ3) is 2.01. The molecule has 1 aliphatic carbocycles. The van der Waals surface area contributed by atoms with Crippen LogP contribution in [0.15, 0.2) is 16.7 Å². The van der Waals surface area contributed by atoms with Gasteiger partial charge in [0.1, 0.15) is 0 Å². The van der Waals surface area contributed by atoms with Crippen molar-refractivity contribution in [3.63, 3.8) is 0 Å². The van der Waals surface area contributed by atoms with Gasteiger partial charge in [0.05, 0.1) is 0 Å². The SMILES string of the molecule is CC1=[C-]C(C)(C)C(C)=C1C.[U]. The average Bonchev–Trinajstić information content (AvgIpc) is 1.95. The minimum absolute atomic E-state index is 0. The summed E-state index contributed by atoms with van der Waals surface area (Å²) in [4.78, 5) is 0. The van der Waals surface area contributed by atoms with Gasteiger partial charge >= 0.3 is 0 Å². The first-order valence-electron chi connectivity index (χ1n) is 3.75. The van der Waals surface area contributed by atoms with Crippen LogP contribution in [0.25, 0.3) is 0 Å². The van der Waals surface area contributed by atoms with E-state index in [4.69, 9.17) is 0 Å². The molecule has 60 valence electrons. The van der Waals surface area contributed by atoms with Crippen LogP contribution < -0.4 is 0 Å². The smallest absolute Gasteiger partial charge is 0 e. The molecular formula is C10H15U-. The van der Waals surface area contributed by atoms with E-state index in [0.29, 0.717) is 0 Å². The van der Waals surface area contributed by atoms with E-state index in [2.05, 4.69) is 40.7 Å². The first-order valence-corrected chi connectivity index (χ1v) is 3.75. The maximum atomic E-state index is 3.44. The van der Waals surface area contributed by atoms with Crippen molar-refractivity contribution in [2.75, 3.05) is 0 Å². The van der Waals surface area contributed by atoms with Gasteiger partial charge in [-0.15, -0.1) is 6.92 Å². The van der Waals surface area contributed by atoms with Gasteiger partial charge in [-0.25, -0.2) is 5.57 Å². The Kier molecular flexibility index (Phi) is 3.67. The van der Waals surface area contributed by atoms with Gasteiger partial charge in [-0.3, -0.25) is 6.08 Å². The van der Waals surface area contributed by atoms with Gasteiger partial charge < -0.3 is 0 Å². The van der Waals surface area contributed by atoms with E-state index in [1.165, 1.54) is 16.7 Å². The molecule has 11 heavy (non-hydrogen) atoms. The Balaban J connectivity index is 0.000001000. The van der Waals surface area contributed by atoms with Crippen LogP contribution in [0, 0.1) is 42.6 Å². The van der Waals surface area contributed by atoms with E-state index in [-0.39, 0.29) is 36.5 Å². The van der Waals surface area contributed by atoms with Crippen LogP contribution in [0.4, 0.5) is 0 Å². The number of allylic oxidation sites excluding steroid dienone is 4. The summed E-state index contributed by atoms with van der Waals surface area (Å²) in [5.74, 6) is 0. The Morgan fingerprint density at radius 2 is 1.55 bits per heavy atom. The fraction of sp³-hybridized carbons (Fsp3) is 0.600. The van der Waals surface area contributed by atoms with Crippen molar-refractivity contribution in [3.05, 3.63) is 22.8 Å². The second kappa shape index (κ2) is 3.50. The Labute approximate surface area is 93.5 Å². The standard InChI is InChI=1S/C10H15.U/c1-7-6-10(4,5)9(3)8(7)2;/h1-5H3;/q-1;. The van der Waals surface area contributed by atoms with Crippen LogP contribution in [0.3, 0.4) is 0 Å². The van der Waals surface area contributed by atoms with Gasteiger partial charge in [0.15, 0.2) is 0 Å². The van der Waals surface area contributed by atoms with E-state index in [1.807, 2.05) is 0 Å². The van der Waals surface area contributed by atoms with E-state index in [1.54, 1.807) is 0 Å². The molecular weight excluding hydrogens is 358 g/mol. The number of hydrogen-bond acceptors (Lipinski definition) is 0. The first-order chi connectivity index (χ1) is 4.45. The molecule has 1 aliphatic rings. The van der Waals surface area contributed by atoms with Gasteiger partial charge in [0.2, 0.25) is 0 Å². The molecule has 1 rings (SSSR count). The molecule has 0 saturated carbocycles. The summed E-state index contributed by atoms with van der Waals surface area (Å²) in [5.41, 5.74) is 4.39. The molecule has 0 aliphatic heterocycles. The second-order valence-electron chi connectivity index (χ2n) is 3.62. The summed E-state index contributed by atoms with van der Waals surface area (Å²) in [6, 6.07) is 0. The maximum Gasteiger partial charge on any atom is 0 e. The molecule has 0 bridgehead atoms. The van der Waals surface area contributed by atoms with Gasteiger partial charge in [0, 0.05) is 31.1 Å². The molecule has 0 unspecified atom stereocenters. The minimum Gasteiger partial charge on any atom is -0.263 e. The Morgan fingerprint density at radius 1 is 1.09 bits per heavy atom. The molecule has 0 heterocycles. The summed E-state index contributed by atoms with van der Waals surface area (Å²) in [5, 5.41) is 0. The van der Waals surface area contributed by atoms with Crippen LogP contribution in [-0.4, -0.2) is 0 Å². The minimum atomic E-state index is 0. The zero-order valence-electron chi connectivity index (χ0n) is 8.00. The Bertz CT molecular complexity index is 219. The molecule has 0 radical (unpaired) electrons. The van der Waals surface area contributed by atoms with E-state index < -0.39 is 0 Å². The predicted molar refractivity (Wildman–Crippen MR) is 44.6 cm³/mol. The molecule has 0 N–H and O–H groups in total.